The lowest BCUT2D eigenvalue weighted by Crippen LogP contribution is -2.22. The number of anilines is 2. The highest BCUT2D eigenvalue weighted by Gasteiger charge is 2.27. The Hall–Kier alpha value is -2.40. The molecule has 3 rings (SSSR count). The van der Waals surface area contributed by atoms with Crippen molar-refractivity contribution in [2.75, 3.05) is 16.8 Å². The molecular weight excluding hydrogens is 264 g/mol. The van der Waals surface area contributed by atoms with Crippen molar-refractivity contribution >= 4 is 17.3 Å². The third kappa shape index (κ3) is 2.60. The maximum absolute atomic E-state index is 11.6. The van der Waals surface area contributed by atoms with E-state index in [0.29, 0.717) is 0 Å². The van der Waals surface area contributed by atoms with Gasteiger partial charge in [0, 0.05) is 29.7 Å². The van der Waals surface area contributed by atoms with Gasteiger partial charge >= 0.3 is 0 Å². The van der Waals surface area contributed by atoms with Crippen molar-refractivity contribution in [1.82, 2.24) is 4.98 Å². The Morgan fingerprint density at radius 2 is 2.19 bits per heavy atom. The molecule has 108 valence electrons. The predicted octanol–water partition coefficient (Wildman–Crippen LogP) is 2.06. The summed E-state index contributed by atoms with van der Waals surface area (Å²) >= 11 is 0. The number of nitrogens with zero attached hydrogens (tertiary/aromatic N) is 2. The van der Waals surface area contributed by atoms with E-state index in [0.717, 1.165) is 35.7 Å². The molecule has 0 fully saturated rings. The van der Waals surface area contributed by atoms with E-state index < -0.39 is 6.04 Å². The van der Waals surface area contributed by atoms with Crippen molar-refractivity contribution in [3.05, 3.63) is 53.9 Å². The van der Waals surface area contributed by atoms with Gasteiger partial charge in [-0.25, -0.2) is 0 Å². The molecule has 21 heavy (non-hydrogen) atoms. The summed E-state index contributed by atoms with van der Waals surface area (Å²) in [6.07, 6.45) is 1.80. The second-order valence-electron chi connectivity index (χ2n) is 5.07. The standard InChI is InChI=1S/C16H18N4O/c1-2-20(10-11-5-3-4-8-18-11)12-6-7-13-14(9-12)19-16(21)15(13)17/h3-9,15H,2,10,17H2,1H3,(H,19,21). The third-order valence-electron chi connectivity index (χ3n) is 3.74. The quantitative estimate of drug-likeness (QED) is 0.900. The number of rotatable bonds is 4. The molecule has 1 aliphatic rings. The van der Waals surface area contributed by atoms with Gasteiger partial charge < -0.3 is 16.0 Å². The van der Waals surface area contributed by atoms with Crippen LogP contribution in [-0.2, 0) is 11.3 Å². The highest BCUT2D eigenvalue weighted by molar-refractivity contribution is 6.02. The summed E-state index contributed by atoms with van der Waals surface area (Å²) in [7, 11) is 0. The van der Waals surface area contributed by atoms with Gasteiger partial charge in [0.1, 0.15) is 6.04 Å². The molecule has 1 aliphatic heterocycles. The summed E-state index contributed by atoms with van der Waals surface area (Å²) in [5.74, 6) is -0.144. The minimum Gasteiger partial charge on any atom is -0.366 e. The molecule has 0 saturated heterocycles. The van der Waals surface area contributed by atoms with Gasteiger partial charge in [-0.15, -0.1) is 0 Å². The molecule has 0 saturated carbocycles. The average molecular weight is 282 g/mol. The molecule has 2 aromatic rings. The van der Waals surface area contributed by atoms with Crippen LogP contribution in [0.25, 0.3) is 0 Å². The van der Waals surface area contributed by atoms with Crippen LogP contribution in [-0.4, -0.2) is 17.4 Å². The number of nitrogens with two attached hydrogens (primary N) is 1. The third-order valence-corrected chi connectivity index (χ3v) is 3.74. The number of nitrogens with one attached hydrogen (secondary N) is 1. The number of hydrogen-bond donors (Lipinski definition) is 2. The lowest BCUT2D eigenvalue weighted by Gasteiger charge is -2.23. The van der Waals surface area contributed by atoms with Gasteiger partial charge in [-0.05, 0) is 31.2 Å². The average Bonchev–Trinajstić information content (AvgIpc) is 2.80. The van der Waals surface area contributed by atoms with Crippen LogP contribution in [0.15, 0.2) is 42.6 Å². The summed E-state index contributed by atoms with van der Waals surface area (Å²) in [5.41, 5.74) is 9.57. The first-order valence-electron chi connectivity index (χ1n) is 7.04. The van der Waals surface area contributed by atoms with Crippen molar-refractivity contribution in [2.45, 2.75) is 19.5 Å². The first-order chi connectivity index (χ1) is 10.2. The van der Waals surface area contributed by atoms with Crippen LogP contribution < -0.4 is 16.0 Å². The Morgan fingerprint density at radius 3 is 2.90 bits per heavy atom. The molecule has 1 aromatic carbocycles. The van der Waals surface area contributed by atoms with Gasteiger partial charge in [0.05, 0.1) is 12.2 Å². The van der Waals surface area contributed by atoms with Crippen molar-refractivity contribution in [2.24, 2.45) is 5.73 Å². The molecule has 2 heterocycles. The van der Waals surface area contributed by atoms with Gasteiger partial charge in [-0.3, -0.25) is 9.78 Å². The first-order valence-corrected chi connectivity index (χ1v) is 7.04. The molecule has 1 unspecified atom stereocenters. The molecule has 0 radical (unpaired) electrons. The lowest BCUT2D eigenvalue weighted by molar-refractivity contribution is -0.116. The van der Waals surface area contributed by atoms with Gasteiger partial charge in [0.15, 0.2) is 0 Å². The Morgan fingerprint density at radius 1 is 1.33 bits per heavy atom. The fraction of sp³-hybridized carbons (Fsp3) is 0.250. The van der Waals surface area contributed by atoms with Crippen molar-refractivity contribution in [3.8, 4) is 0 Å². The Labute approximate surface area is 123 Å². The topological polar surface area (TPSA) is 71.2 Å². The zero-order valence-electron chi connectivity index (χ0n) is 11.9. The highest BCUT2D eigenvalue weighted by Crippen LogP contribution is 2.33. The molecule has 5 nitrogen and oxygen atoms in total. The van der Waals surface area contributed by atoms with Gasteiger partial charge in [0.25, 0.3) is 0 Å². The minimum atomic E-state index is -0.556. The van der Waals surface area contributed by atoms with Crippen molar-refractivity contribution in [1.29, 1.82) is 0 Å². The van der Waals surface area contributed by atoms with Crippen LogP contribution in [0.5, 0.6) is 0 Å². The van der Waals surface area contributed by atoms with E-state index >= 15 is 0 Å². The summed E-state index contributed by atoms with van der Waals surface area (Å²) in [5, 5.41) is 2.82. The lowest BCUT2D eigenvalue weighted by atomic mass is 10.1. The van der Waals surface area contributed by atoms with Crippen molar-refractivity contribution in [3.63, 3.8) is 0 Å². The van der Waals surface area contributed by atoms with Crippen LogP contribution in [0.4, 0.5) is 11.4 Å². The Balaban J connectivity index is 1.86. The van der Waals surface area contributed by atoms with E-state index in [-0.39, 0.29) is 5.91 Å². The van der Waals surface area contributed by atoms with E-state index in [1.807, 2.05) is 36.4 Å². The van der Waals surface area contributed by atoms with Crippen LogP contribution in [0.3, 0.4) is 0 Å². The molecule has 0 aliphatic carbocycles. The van der Waals surface area contributed by atoms with E-state index in [1.165, 1.54) is 0 Å². The number of pyridine rings is 1. The SMILES string of the molecule is CCN(Cc1ccccn1)c1ccc2c(c1)NC(=O)C2N. The smallest absolute Gasteiger partial charge is 0.245 e. The minimum absolute atomic E-state index is 0.144. The van der Waals surface area contributed by atoms with Crippen LogP contribution in [0.2, 0.25) is 0 Å². The van der Waals surface area contributed by atoms with Gasteiger partial charge in [-0.1, -0.05) is 12.1 Å². The molecule has 5 heteroatoms. The zero-order valence-corrected chi connectivity index (χ0v) is 11.9. The maximum Gasteiger partial charge on any atom is 0.245 e. The number of amides is 1. The normalized spacial score (nSPS) is 16.5. The second kappa shape index (κ2) is 5.54. The summed E-state index contributed by atoms with van der Waals surface area (Å²) < 4.78 is 0. The molecule has 3 N–H and O–H groups in total. The fourth-order valence-corrected chi connectivity index (χ4v) is 2.54. The molecular formula is C16H18N4O. The van der Waals surface area contributed by atoms with E-state index in [9.17, 15) is 4.79 Å². The molecule has 1 amide bonds. The Bertz CT molecular complexity index is 657. The Kier molecular flexibility index (Phi) is 3.58. The van der Waals surface area contributed by atoms with E-state index in [1.54, 1.807) is 6.20 Å². The number of fused-ring (bicyclic) bond motifs is 1. The fourth-order valence-electron chi connectivity index (χ4n) is 2.54. The molecule has 0 bridgehead atoms. The number of carbonyl (C=O) groups excluding carboxylic acids is 1. The van der Waals surface area contributed by atoms with Crippen LogP contribution in [0, 0.1) is 0 Å². The predicted molar refractivity (Wildman–Crippen MR) is 83.0 cm³/mol. The van der Waals surface area contributed by atoms with Crippen LogP contribution >= 0.6 is 0 Å². The zero-order chi connectivity index (χ0) is 14.8. The van der Waals surface area contributed by atoms with Gasteiger partial charge in [-0.2, -0.15) is 0 Å². The maximum atomic E-state index is 11.6. The summed E-state index contributed by atoms with van der Waals surface area (Å²) in [6, 6.07) is 11.3. The number of hydrogen-bond acceptors (Lipinski definition) is 4. The molecule has 1 atom stereocenters. The molecule has 0 spiro atoms. The number of aromatic nitrogens is 1. The highest BCUT2D eigenvalue weighted by atomic mass is 16.2. The summed E-state index contributed by atoms with van der Waals surface area (Å²) in [4.78, 5) is 18.2. The molecule has 1 aromatic heterocycles. The van der Waals surface area contributed by atoms with Crippen LogP contribution in [0.1, 0.15) is 24.2 Å². The number of benzene rings is 1. The largest absolute Gasteiger partial charge is 0.366 e. The monoisotopic (exact) mass is 282 g/mol. The summed E-state index contributed by atoms with van der Waals surface area (Å²) in [6.45, 7) is 3.69. The van der Waals surface area contributed by atoms with Crippen molar-refractivity contribution < 1.29 is 4.79 Å². The first kappa shape index (κ1) is 13.6. The number of carbonyl (C=O) groups is 1. The van der Waals surface area contributed by atoms with E-state index in [2.05, 4.69) is 22.1 Å². The van der Waals surface area contributed by atoms with Gasteiger partial charge in [0.2, 0.25) is 5.91 Å². The van der Waals surface area contributed by atoms with E-state index in [4.69, 9.17) is 5.73 Å². The second-order valence-corrected chi connectivity index (χ2v) is 5.07.